The van der Waals surface area contributed by atoms with E-state index >= 15 is 0 Å². The number of halogens is 1. The molecule has 2 amide bonds. The third-order valence-electron chi connectivity index (χ3n) is 6.21. The first-order chi connectivity index (χ1) is 17.4. The Morgan fingerprint density at radius 2 is 2.03 bits per heavy atom. The van der Waals surface area contributed by atoms with Crippen LogP contribution in [0.25, 0.3) is 0 Å². The number of hydrogen-bond donors (Lipinski definition) is 2. The van der Waals surface area contributed by atoms with Gasteiger partial charge in [0.05, 0.1) is 5.69 Å². The Hall–Kier alpha value is -3.47. The first-order valence-corrected chi connectivity index (χ1v) is 12.9. The molecule has 3 aromatic heterocycles. The summed E-state index contributed by atoms with van der Waals surface area (Å²) >= 11 is 1.23. The minimum Gasteiger partial charge on any atom is -0.346 e. The maximum absolute atomic E-state index is 14.5. The molecule has 36 heavy (non-hydrogen) atoms. The van der Waals surface area contributed by atoms with E-state index in [1.54, 1.807) is 6.20 Å². The molecule has 4 rings (SSSR count). The zero-order valence-electron chi connectivity index (χ0n) is 20.1. The van der Waals surface area contributed by atoms with Gasteiger partial charge in [-0.3, -0.25) is 19.4 Å². The molecule has 9 nitrogen and oxygen atoms in total. The standard InChI is InChI=1S/C25H29FN6O3S/c1-16-8-9-18(14-27-16)15-28-23(34)24-31-30-21(36-24)7-2-3-11-32-12-10-19(22(26)25(32)35)29-20(33)13-17-5-4-6-17/h8-10,12,14,17H,2-7,11,13,15H2,1H3,(H,28,34)(H,29,33). The van der Waals surface area contributed by atoms with Crippen LogP contribution in [0, 0.1) is 18.7 Å². The molecule has 2 N–H and O–H groups in total. The number of nitrogens with one attached hydrogen (secondary N) is 2. The molecule has 0 aromatic carbocycles. The molecule has 0 aliphatic heterocycles. The Morgan fingerprint density at radius 1 is 1.19 bits per heavy atom. The second kappa shape index (κ2) is 12.0. The number of unbranched alkanes of at least 4 members (excludes halogenated alkanes) is 1. The highest BCUT2D eigenvalue weighted by atomic mass is 32.1. The van der Waals surface area contributed by atoms with E-state index in [1.165, 1.54) is 28.2 Å². The highest BCUT2D eigenvalue weighted by Gasteiger charge is 2.21. The van der Waals surface area contributed by atoms with E-state index in [0.29, 0.717) is 49.7 Å². The van der Waals surface area contributed by atoms with Crippen molar-refractivity contribution in [1.29, 1.82) is 0 Å². The van der Waals surface area contributed by atoms with E-state index in [1.807, 2.05) is 19.1 Å². The average Bonchev–Trinajstić information content (AvgIpc) is 3.32. The predicted molar refractivity (Wildman–Crippen MR) is 134 cm³/mol. The summed E-state index contributed by atoms with van der Waals surface area (Å²) in [6.07, 6.45) is 8.67. The molecule has 1 fully saturated rings. The van der Waals surface area contributed by atoms with Gasteiger partial charge in [0.1, 0.15) is 5.01 Å². The highest BCUT2D eigenvalue weighted by molar-refractivity contribution is 7.13. The molecule has 0 saturated heterocycles. The quantitative estimate of drug-likeness (QED) is 0.379. The molecule has 1 aliphatic carbocycles. The number of aromatic nitrogens is 4. The van der Waals surface area contributed by atoms with Gasteiger partial charge in [-0.2, -0.15) is 4.39 Å². The molecular weight excluding hydrogens is 483 g/mol. The number of carbonyl (C=O) groups is 2. The zero-order valence-corrected chi connectivity index (χ0v) is 20.9. The van der Waals surface area contributed by atoms with Gasteiger partial charge in [0, 0.05) is 44.0 Å². The van der Waals surface area contributed by atoms with Gasteiger partial charge in [-0.05, 0) is 56.2 Å². The third-order valence-corrected chi connectivity index (χ3v) is 7.19. The fourth-order valence-corrected chi connectivity index (χ4v) is 4.64. The molecule has 11 heteroatoms. The molecule has 0 unspecified atom stereocenters. The van der Waals surface area contributed by atoms with Gasteiger partial charge in [-0.25, -0.2) is 0 Å². The normalized spacial score (nSPS) is 13.3. The lowest BCUT2D eigenvalue weighted by molar-refractivity contribution is -0.117. The zero-order chi connectivity index (χ0) is 25.5. The molecule has 1 aliphatic rings. The summed E-state index contributed by atoms with van der Waals surface area (Å²) in [7, 11) is 0. The Morgan fingerprint density at radius 3 is 2.75 bits per heavy atom. The summed E-state index contributed by atoms with van der Waals surface area (Å²) in [4.78, 5) is 40.9. The molecule has 0 bridgehead atoms. The van der Waals surface area contributed by atoms with Gasteiger partial charge in [0.15, 0.2) is 0 Å². The summed E-state index contributed by atoms with van der Waals surface area (Å²) in [6.45, 7) is 2.59. The van der Waals surface area contributed by atoms with Crippen LogP contribution in [-0.2, 0) is 24.3 Å². The minimum atomic E-state index is -0.944. The highest BCUT2D eigenvalue weighted by Crippen LogP contribution is 2.29. The lowest BCUT2D eigenvalue weighted by Gasteiger charge is -2.24. The Bertz CT molecular complexity index is 1270. The van der Waals surface area contributed by atoms with Crippen molar-refractivity contribution in [3.05, 3.63) is 68.0 Å². The average molecular weight is 513 g/mol. The second-order valence-corrected chi connectivity index (χ2v) is 10.1. The van der Waals surface area contributed by atoms with E-state index in [-0.39, 0.29) is 17.5 Å². The summed E-state index contributed by atoms with van der Waals surface area (Å²) in [5, 5.41) is 14.4. The molecule has 190 valence electrons. The van der Waals surface area contributed by atoms with Crippen LogP contribution in [0.15, 0.2) is 35.4 Å². The first-order valence-electron chi connectivity index (χ1n) is 12.1. The van der Waals surface area contributed by atoms with Crippen LogP contribution < -0.4 is 16.2 Å². The van der Waals surface area contributed by atoms with Gasteiger partial charge in [0.25, 0.3) is 11.5 Å². The smallest absolute Gasteiger partial charge is 0.288 e. The van der Waals surface area contributed by atoms with Gasteiger partial charge in [-0.1, -0.05) is 23.8 Å². The first kappa shape index (κ1) is 25.6. The number of hydrogen-bond acceptors (Lipinski definition) is 7. The lowest BCUT2D eigenvalue weighted by Crippen LogP contribution is -2.26. The fraction of sp³-hybridized carbons (Fsp3) is 0.440. The van der Waals surface area contributed by atoms with Crippen molar-refractivity contribution < 1.29 is 14.0 Å². The number of nitrogens with zero attached hydrogens (tertiary/aromatic N) is 4. The number of aryl methyl sites for hydroxylation is 3. The molecule has 0 atom stereocenters. The topological polar surface area (TPSA) is 119 Å². The van der Waals surface area contributed by atoms with Gasteiger partial charge in [-0.15, -0.1) is 10.2 Å². The minimum absolute atomic E-state index is 0.0705. The van der Waals surface area contributed by atoms with Crippen LogP contribution >= 0.6 is 11.3 Å². The van der Waals surface area contributed by atoms with Crippen molar-refractivity contribution >= 4 is 28.8 Å². The van der Waals surface area contributed by atoms with E-state index in [0.717, 1.165) is 35.5 Å². The summed E-state index contributed by atoms with van der Waals surface area (Å²) < 4.78 is 15.8. The van der Waals surface area contributed by atoms with Crippen molar-refractivity contribution in [3.8, 4) is 0 Å². The third kappa shape index (κ3) is 6.81. The largest absolute Gasteiger partial charge is 0.346 e. The van der Waals surface area contributed by atoms with Crippen LogP contribution in [0.5, 0.6) is 0 Å². The fourth-order valence-electron chi connectivity index (χ4n) is 3.85. The van der Waals surface area contributed by atoms with Gasteiger partial charge in [0.2, 0.25) is 16.7 Å². The van der Waals surface area contributed by atoms with Crippen LogP contribution in [0.4, 0.5) is 10.1 Å². The SMILES string of the molecule is Cc1ccc(CNC(=O)c2nnc(CCCCn3ccc(NC(=O)CC4CCC4)c(F)c3=O)s2)cn1. The monoisotopic (exact) mass is 512 g/mol. The maximum Gasteiger partial charge on any atom is 0.288 e. The summed E-state index contributed by atoms with van der Waals surface area (Å²) in [5.41, 5.74) is 0.984. The van der Waals surface area contributed by atoms with Gasteiger partial charge < -0.3 is 15.2 Å². The summed E-state index contributed by atoms with van der Waals surface area (Å²) in [6, 6.07) is 5.22. The maximum atomic E-state index is 14.5. The van der Waals surface area contributed by atoms with Crippen LogP contribution in [0.3, 0.4) is 0 Å². The molecule has 3 heterocycles. The Labute approximate surface area is 212 Å². The van der Waals surface area contributed by atoms with Crippen LogP contribution in [-0.4, -0.2) is 31.6 Å². The molecule has 0 radical (unpaired) electrons. The van der Waals surface area contributed by atoms with E-state index in [9.17, 15) is 18.8 Å². The number of pyridine rings is 2. The molecule has 3 aromatic rings. The lowest BCUT2D eigenvalue weighted by atomic mass is 9.83. The van der Waals surface area contributed by atoms with Crippen molar-refractivity contribution in [1.82, 2.24) is 25.1 Å². The van der Waals surface area contributed by atoms with Crippen molar-refractivity contribution in [3.63, 3.8) is 0 Å². The van der Waals surface area contributed by atoms with Gasteiger partial charge >= 0.3 is 0 Å². The van der Waals surface area contributed by atoms with Crippen molar-refractivity contribution in [2.45, 2.75) is 65.0 Å². The Balaban J connectivity index is 1.21. The number of rotatable bonds is 11. The second-order valence-electron chi connectivity index (χ2n) is 9.04. The van der Waals surface area contributed by atoms with Crippen molar-refractivity contribution in [2.24, 2.45) is 5.92 Å². The van der Waals surface area contributed by atoms with Crippen LogP contribution in [0.2, 0.25) is 0 Å². The van der Waals surface area contributed by atoms with E-state index in [4.69, 9.17) is 0 Å². The van der Waals surface area contributed by atoms with Crippen molar-refractivity contribution in [2.75, 3.05) is 5.32 Å². The molecular formula is C25H29FN6O3S. The summed E-state index contributed by atoms with van der Waals surface area (Å²) in [5.74, 6) is -1.13. The Kier molecular flexibility index (Phi) is 8.52. The molecule has 0 spiro atoms. The predicted octanol–water partition coefficient (Wildman–Crippen LogP) is 3.62. The van der Waals surface area contributed by atoms with E-state index < -0.39 is 11.4 Å². The molecule has 1 saturated carbocycles. The van der Waals surface area contributed by atoms with Crippen LogP contribution in [0.1, 0.15) is 64.6 Å². The van der Waals surface area contributed by atoms with E-state index in [2.05, 4.69) is 25.8 Å². The number of amides is 2. The number of anilines is 1. The number of carbonyl (C=O) groups excluding carboxylic acids is 2.